The Morgan fingerprint density at radius 2 is 1.88 bits per heavy atom. The molecule has 0 aliphatic rings. The summed E-state index contributed by atoms with van der Waals surface area (Å²) in [6, 6.07) is 7.83. The minimum absolute atomic E-state index is 0.0313. The highest BCUT2D eigenvalue weighted by Gasteiger charge is 2.17. The largest absolute Gasteiger partial charge is 0.356 e. The molecular weight excluding hydrogens is 316 g/mol. The van der Waals surface area contributed by atoms with Crippen LogP contribution in [0.25, 0.3) is 11.0 Å². The van der Waals surface area contributed by atoms with Crippen molar-refractivity contribution in [2.75, 3.05) is 6.54 Å². The standard InChI is InChI=1S/C19H28N4O2/c1-5-17(24)20-12-8-11-16-21-14-9-6-7-10-15(14)23(16)13-18(25)22-19(2,3)4/h6-7,9-10H,5,8,11-13H2,1-4H3,(H,20,24)(H,22,25). The average molecular weight is 344 g/mol. The Labute approximate surface area is 149 Å². The van der Waals surface area contributed by atoms with Gasteiger partial charge in [0.05, 0.1) is 11.0 Å². The Balaban J connectivity index is 2.13. The van der Waals surface area contributed by atoms with Gasteiger partial charge in [-0.1, -0.05) is 19.1 Å². The van der Waals surface area contributed by atoms with Crippen LogP contribution in [0, 0.1) is 0 Å². The van der Waals surface area contributed by atoms with E-state index in [2.05, 4.69) is 15.6 Å². The van der Waals surface area contributed by atoms with Crippen LogP contribution < -0.4 is 10.6 Å². The third kappa shape index (κ3) is 5.59. The summed E-state index contributed by atoms with van der Waals surface area (Å²) in [5, 5.41) is 5.87. The average Bonchev–Trinajstić information content (AvgIpc) is 2.87. The Bertz CT molecular complexity index is 743. The third-order valence-corrected chi connectivity index (χ3v) is 3.77. The van der Waals surface area contributed by atoms with Crippen molar-refractivity contribution in [3.63, 3.8) is 0 Å². The van der Waals surface area contributed by atoms with Crippen molar-refractivity contribution in [3.05, 3.63) is 30.1 Å². The zero-order chi connectivity index (χ0) is 18.4. The van der Waals surface area contributed by atoms with Crippen LogP contribution in [0.5, 0.6) is 0 Å². The van der Waals surface area contributed by atoms with Gasteiger partial charge in [0, 0.05) is 24.9 Å². The number of fused-ring (bicyclic) bond motifs is 1. The number of imidazole rings is 1. The van der Waals surface area contributed by atoms with E-state index >= 15 is 0 Å². The van der Waals surface area contributed by atoms with Crippen LogP contribution in [-0.2, 0) is 22.6 Å². The molecule has 1 aromatic carbocycles. The first kappa shape index (κ1) is 19.0. The number of carbonyl (C=O) groups excluding carboxylic acids is 2. The van der Waals surface area contributed by atoms with E-state index < -0.39 is 0 Å². The summed E-state index contributed by atoms with van der Waals surface area (Å²) in [5.41, 5.74) is 1.58. The molecule has 0 saturated carbocycles. The third-order valence-electron chi connectivity index (χ3n) is 3.77. The second kappa shape index (κ2) is 8.14. The molecule has 0 aliphatic carbocycles. The van der Waals surface area contributed by atoms with Crippen LogP contribution in [0.3, 0.4) is 0 Å². The quantitative estimate of drug-likeness (QED) is 0.757. The van der Waals surface area contributed by atoms with E-state index in [1.807, 2.05) is 56.5 Å². The van der Waals surface area contributed by atoms with Crippen molar-refractivity contribution >= 4 is 22.8 Å². The number of para-hydroxylation sites is 2. The summed E-state index contributed by atoms with van der Waals surface area (Å²) in [6.07, 6.45) is 1.99. The van der Waals surface area contributed by atoms with Crippen molar-refractivity contribution in [3.8, 4) is 0 Å². The number of hydrogen-bond donors (Lipinski definition) is 2. The zero-order valence-electron chi connectivity index (χ0n) is 15.6. The highest BCUT2D eigenvalue weighted by Crippen LogP contribution is 2.17. The minimum Gasteiger partial charge on any atom is -0.356 e. The summed E-state index contributed by atoms with van der Waals surface area (Å²) in [7, 11) is 0. The van der Waals surface area contributed by atoms with Crippen molar-refractivity contribution in [1.29, 1.82) is 0 Å². The van der Waals surface area contributed by atoms with Crippen molar-refractivity contribution < 1.29 is 9.59 Å². The molecule has 136 valence electrons. The fourth-order valence-corrected chi connectivity index (χ4v) is 2.69. The number of hydrogen-bond acceptors (Lipinski definition) is 3. The second-order valence-corrected chi connectivity index (χ2v) is 7.21. The molecule has 2 amide bonds. The first-order valence-electron chi connectivity index (χ1n) is 8.82. The molecule has 0 bridgehead atoms. The number of amides is 2. The van der Waals surface area contributed by atoms with Crippen molar-refractivity contribution in [2.24, 2.45) is 0 Å². The van der Waals surface area contributed by atoms with E-state index in [1.54, 1.807) is 0 Å². The van der Waals surface area contributed by atoms with E-state index in [4.69, 9.17) is 0 Å². The fraction of sp³-hybridized carbons (Fsp3) is 0.526. The van der Waals surface area contributed by atoms with Gasteiger partial charge >= 0.3 is 0 Å². The predicted octanol–water partition coefficient (Wildman–Crippen LogP) is 2.41. The molecule has 1 aromatic heterocycles. The molecule has 0 fully saturated rings. The van der Waals surface area contributed by atoms with Crippen LogP contribution in [-0.4, -0.2) is 33.4 Å². The number of benzene rings is 1. The van der Waals surface area contributed by atoms with Crippen molar-refractivity contribution in [1.82, 2.24) is 20.2 Å². The summed E-state index contributed by atoms with van der Waals surface area (Å²) >= 11 is 0. The molecule has 1 heterocycles. The molecule has 0 radical (unpaired) electrons. The highest BCUT2D eigenvalue weighted by atomic mass is 16.2. The maximum absolute atomic E-state index is 12.4. The lowest BCUT2D eigenvalue weighted by Gasteiger charge is -2.21. The monoisotopic (exact) mass is 344 g/mol. The Morgan fingerprint density at radius 3 is 2.56 bits per heavy atom. The Morgan fingerprint density at radius 1 is 1.16 bits per heavy atom. The van der Waals surface area contributed by atoms with E-state index in [9.17, 15) is 9.59 Å². The topological polar surface area (TPSA) is 76.0 Å². The van der Waals surface area contributed by atoms with Crippen molar-refractivity contribution in [2.45, 2.75) is 59.0 Å². The molecule has 0 atom stereocenters. The summed E-state index contributed by atoms with van der Waals surface area (Å²) in [4.78, 5) is 28.4. The van der Waals surface area contributed by atoms with Gasteiger partial charge in [-0.05, 0) is 39.3 Å². The molecule has 0 spiro atoms. The van der Waals surface area contributed by atoms with Gasteiger partial charge in [-0.15, -0.1) is 0 Å². The van der Waals surface area contributed by atoms with E-state index in [1.165, 1.54) is 0 Å². The molecule has 2 N–H and O–H groups in total. The molecule has 0 saturated heterocycles. The normalized spacial score (nSPS) is 11.5. The molecule has 6 heteroatoms. The molecule has 2 rings (SSSR count). The molecule has 0 unspecified atom stereocenters. The van der Waals surface area contributed by atoms with Crippen LogP contribution in [0.2, 0.25) is 0 Å². The van der Waals surface area contributed by atoms with Crippen LogP contribution in [0.15, 0.2) is 24.3 Å². The molecule has 25 heavy (non-hydrogen) atoms. The summed E-state index contributed by atoms with van der Waals surface area (Å²) in [6.45, 7) is 8.60. The van der Waals surface area contributed by atoms with Gasteiger partial charge < -0.3 is 15.2 Å². The van der Waals surface area contributed by atoms with Gasteiger partial charge in [-0.3, -0.25) is 9.59 Å². The van der Waals surface area contributed by atoms with Gasteiger partial charge in [0.15, 0.2) is 0 Å². The SMILES string of the molecule is CCC(=O)NCCCc1nc2ccccc2n1CC(=O)NC(C)(C)C. The van der Waals surface area contributed by atoms with Crippen LogP contribution >= 0.6 is 0 Å². The van der Waals surface area contributed by atoms with E-state index in [-0.39, 0.29) is 23.9 Å². The number of aromatic nitrogens is 2. The van der Waals surface area contributed by atoms with Gasteiger partial charge in [0.25, 0.3) is 0 Å². The van der Waals surface area contributed by atoms with Gasteiger partial charge in [-0.25, -0.2) is 4.98 Å². The highest BCUT2D eigenvalue weighted by molar-refractivity contribution is 5.81. The second-order valence-electron chi connectivity index (χ2n) is 7.21. The number of aryl methyl sites for hydroxylation is 1. The van der Waals surface area contributed by atoms with E-state index in [0.29, 0.717) is 19.4 Å². The smallest absolute Gasteiger partial charge is 0.240 e. The number of nitrogens with zero attached hydrogens (tertiary/aromatic N) is 2. The lowest BCUT2D eigenvalue weighted by molar-refractivity contribution is -0.123. The summed E-state index contributed by atoms with van der Waals surface area (Å²) < 4.78 is 1.97. The Hall–Kier alpha value is -2.37. The van der Waals surface area contributed by atoms with Gasteiger partial charge in [-0.2, -0.15) is 0 Å². The maximum Gasteiger partial charge on any atom is 0.240 e. The fourth-order valence-electron chi connectivity index (χ4n) is 2.69. The lowest BCUT2D eigenvalue weighted by Crippen LogP contribution is -2.42. The zero-order valence-corrected chi connectivity index (χ0v) is 15.6. The predicted molar refractivity (Wildman–Crippen MR) is 99.3 cm³/mol. The minimum atomic E-state index is -0.266. The maximum atomic E-state index is 12.4. The molecule has 0 aliphatic heterocycles. The molecule has 6 nitrogen and oxygen atoms in total. The number of rotatable bonds is 7. The number of carbonyl (C=O) groups is 2. The molecular formula is C19H28N4O2. The first-order chi connectivity index (χ1) is 11.8. The lowest BCUT2D eigenvalue weighted by atomic mass is 10.1. The number of nitrogens with one attached hydrogen (secondary N) is 2. The van der Waals surface area contributed by atoms with Gasteiger partial charge in [0.1, 0.15) is 12.4 Å². The summed E-state index contributed by atoms with van der Waals surface area (Å²) in [5.74, 6) is 0.894. The molecule has 2 aromatic rings. The first-order valence-corrected chi connectivity index (χ1v) is 8.82. The van der Waals surface area contributed by atoms with Crippen LogP contribution in [0.4, 0.5) is 0 Å². The van der Waals surface area contributed by atoms with Gasteiger partial charge in [0.2, 0.25) is 11.8 Å². The van der Waals surface area contributed by atoms with E-state index in [0.717, 1.165) is 23.3 Å². The van der Waals surface area contributed by atoms with Crippen LogP contribution in [0.1, 0.15) is 46.4 Å². The Kier molecular flexibility index (Phi) is 6.17.